The van der Waals surface area contributed by atoms with Crippen LogP contribution >= 0.6 is 0 Å². The van der Waals surface area contributed by atoms with Crippen LogP contribution < -0.4 is 14.4 Å². The quantitative estimate of drug-likeness (QED) is 0.757. The third-order valence-electron chi connectivity index (χ3n) is 3.55. The van der Waals surface area contributed by atoms with E-state index in [9.17, 15) is 5.11 Å². The number of hydrogen-bond donors (Lipinski definition) is 2. The topological polar surface area (TPSA) is 43.1 Å². The van der Waals surface area contributed by atoms with E-state index in [2.05, 4.69) is 12.1 Å². The summed E-state index contributed by atoms with van der Waals surface area (Å²) in [5.41, 5.74) is 1.28. The van der Waals surface area contributed by atoms with Gasteiger partial charge in [-0.25, -0.2) is 0 Å². The van der Waals surface area contributed by atoms with Crippen LogP contribution in [0.15, 0.2) is 18.2 Å². The molecule has 0 unspecified atom stereocenters. The molecule has 0 spiro atoms. The van der Waals surface area contributed by atoms with E-state index in [4.69, 9.17) is 9.47 Å². The van der Waals surface area contributed by atoms with Crippen LogP contribution in [-0.4, -0.2) is 31.1 Å². The highest BCUT2D eigenvalue weighted by molar-refractivity contribution is 5.44. The van der Waals surface area contributed by atoms with E-state index in [-0.39, 0.29) is 6.10 Å². The molecular weight excluding hydrogens is 218 g/mol. The summed E-state index contributed by atoms with van der Waals surface area (Å²) in [6, 6.07) is 6.15. The van der Waals surface area contributed by atoms with Crippen molar-refractivity contribution in [3.8, 4) is 11.5 Å². The van der Waals surface area contributed by atoms with Crippen molar-refractivity contribution in [1.29, 1.82) is 0 Å². The van der Waals surface area contributed by atoms with Crippen LogP contribution in [0.5, 0.6) is 11.5 Å². The Balaban J connectivity index is 1.65. The van der Waals surface area contributed by atoms with Gasteiger partial charge in [0.1, 0.15) is 6.54 Å². The van der Waals surface area contributed by atoms with Gasteiger partial charge in [0.2, 0.25) is 6.79 Å². The Kier molecular flexibility index (Phi) is 2.91. The molecule has 2 aliphatic heterocycles. The minimum atomic E-state index is -0.0875. The lowest BCUT2D eigenvalue weighted by Crippen LogP contribution is -3.12. The summed E-state index contributed by atoms with van der Waals surface area (Å²) >= 11 is 0. The fourth-order valence-electron chi connectivity index (χ4n) is 2.53. The summed E-state index contributed by atoms with van der Waals surface area (Å²) in [6.07, 6.45) is 1.75. The predicted octanol–water partition coefficient (Wildman–Crippen LogP) is -0.0451. The van der Waals surface area contributed by atoms with E-state index in [1.165, 1.54) is 10.5 Å². The normalized spacial score (nSPS) is 27.1. The lowest BCUT2D eigenvalue weighted by molar-refractivity contribution is -0.919. The number of quaternary nitrogens is 1. The van der Waals surface area contributed by atoms with Gasteiger partial charge in [-0.1, -0.05) is 0 Å². The number of hydrogen-bond acceptors (Lipinski definition) is 3. The van der Waals surface area contributed by atoms with Gasteiger partial charge in [0.05, 0.1) is 19.2 Å². The highest BCUT2D eigenvalue weighted by Gasteiger charge is 2.21. The molecule has 1 aromatic carbocycles. The van der Waals surface area contributed by atoms with Crippen LogP contribution in [0.4, 0.5) is 0 Å². The number of benzene rings is 1. The molecule has 3 rings (SSSR count). The van der Waals surface area contributed by atoms with Crippen LogP contribution in [0.2, 0.25) is 0 Å². The number of piperidine rings is 1. The van der Waals surface area contributed by atoms with E-state index in [0.717, 1.165) is 44.0 Å². The van der Waals surface area contributed by atoms with Crippen LogP contribution in [-0.2, 0) is 6.54 Å². The number of aliphatic hydroxyl groups is 1. The highest BCUT2D eigenvalue weighted by Crippen LogP contribution is 2.32. The van der Waals surface area contributed by atoms with Crippen molar-refractivity contribution in [1.82, 2.24) is 0 Å². The van der Waals surface area contributed by atoms with Crippen LogP contribution in [0.25, 0.3) is 0 Å². The van der Waals surface area contributed by atoms with Crippen molar-refractivity contribution in [2.45, 2.75) is 25.5 Å². The van der Waals surface area contributed by atoms with Crippen molar-refractivity contribution in [3.05, 3.63) is 23.8 Å². The Bertz CT molecular complexity index is 400. The highest BCUT2D eigenvalue weighted by atomic mass is 16.7. The van der Waals surface area contributed by atoms with Gasteiger partial charge in [0, 0.05) is 18.4 Å². The summed E-state index contributed by atoms with van der Waals surface area (Å²) in [5.74, 6) is 1.71. The van der Waals surface area contributed by atoms with E-state index >= 15 is 0 Å². The zero-order valence-electron chi connectivity index (χ0n) is 9.82. The minimum absolute atomic E-state index is 0.0875. The second-order valence-electron chi connectivity index (χ2n) is 4.85. The SMILES string of the molecule is OC1CC[NH+](Cc2ccc3c(c2)OCO3)CC1. The standard InChI is InChI=1S/C13H17NO3/c15-11-3-5-14(6-4-11)8-10-1-2-12-13(7-10)17-9-16-12/h1-2,7,11,15H,3-6,8-9H2/p+1. The van der Waals surface area contributed by atoms with Crippen molar-refractivity contribution in [3.63, 3.8) is 0 Å². The Morgan fingerprint density at radius 2 is 1.94 bits per heavy atom. The smallest absolute Gasteiger partial charge is 0.231 e. The summed E-state index contributed by atoms with van der Waals surface area (Å²) in [6.45, 7) is 3.44. The van der Waals surface area contributed by atoms with Crippen molar-refractivity contribution in [2.75, 3.05) is 19.9 Å². The first-order valence-corrected chi connectivity index (χ1v) is 6.21. The Morgan fingerprint density at radius 1 is 1.18 bits per heavy atom. The summed E-state index contributed by atoms with van der Waals surface area (Å²) in [4.78, 5) is 1.54. The molecular formula is C13H18NO3+. The average molecular weight is 236 g/mol. The van der Waals surface area contributed by atoms with Gasteiger partial charge in [-0.3, -0.25) is 0 Å². The summed E-state index contributed by atoms with van der Waals surface area (Å²) in [5, 5.41) is 9.47. The molecule has 2 N–H and O–H groups in total. The van der Waals surface area contributed by atoms with Crippen molar-refractivity contribution in [2.24, 2.45) is 0 Å². The molecule has 0 bridgehead atoms. The van der Waals surface area contributed by atoms with E-state index < -0.39 is 0 Å². The first kappa shape index (κ1) is 10.9. The molecule has 0 atom stereocenters. The maximum Gasteiger partial charge on any atom is 0.231 e. The maximum absolute atomic E-state index is 9.47. The fourth-order valence-corrected chi connectivity index (χ4v) is 2.53. The molecule has 4 heteroatoms. The molecule has 1 aromatic rings. The first-order chi connectivity index (χ1) is 8.31. The van der Waals surface area contributed by atoms with Gasteiger partial charge in [-0.2, -0.15) is 0 Å². The van der Waals surface area contributed by atoms with Gasteiger partial charge in [-0.15, -0.1) is 0 Å². The van der Waals surface area contributed by atoms with Crippen molar-refractivity contribution >= 4 is 0 Å². The van der Waals surface area contributed by atoms with E-state index in [1.54, 1.807) is 0 Å². The Hall–Kier alpha value is -1.26. The molecule has 0 aromatic heterocycles. The number of rotatable bonds is 2. The van der Waals surface area contributed by atoms with Crippen LogP contribution in [0.1, 0.15) is 18.4 Å². The van der Waals surface area contributed by atoms with Gasteiger partial charge < -0.3 is 19.5 Å². The molecule has 2 aliphatic rings. The molecule has 17 heavy (non-hydrogen) atoms. The predicted molar refractivity (Wildman–Crippen MR) is 62.2 cm³/mol. The molecule has 0 saturated carbocycles. The third kappa shape index (κ3) is 2.37. The molecule has 2 heterocycles. The summed E-state index contributed by atoms with van der Waals surface area (Å²) < 4.78 is 10.7. The number of aliphatic hydroxyl groups excluding tert-OH is 1. The molecule has 92 valence electrons. The number of likely N-dealkylation sites (tertiary alicyclic amines) is 1. The molecule has 0 radical (unpaired) electrons. The van der Waals surface area contributed by atoms with Crippen molar-refractivity contribution < 1.29 is 19.5 Å². The zero-order chi connectivity index (χ0) is 11.7. The molecule has 4 nitrogen and oxygen atoms in total. The monoisotopic (exact) mass is 236 g/mol. The first-order valence-electron chi connectivity index (χ1n) is 6.21. The number of ether oxygens (including phenoxy) is 2. The lowest BCUT2D eigenvalue weighted by atomic mass is 10.1. The number of nitrogens with one attached hydrogen (secondary N) is 1. The number of fused-ring (bicyclic) bond motifs is 1. The van der Waals surface area contributed by atoms with E-state index in [0.29, 0.717) is 6.79 Å². The fraction of sp³-hybridized carbons (Fsp3) is 0.538. The lowest BCUT2D eigenvalue weighted by Gasteiger charge is -2.26. The molecule has 1 fully saturated rings. The van der Waals surface area contributed by atoms with Crippen LogP contribution in [0, 0.1) is 0 Å². The molecule has 0 amide bonds. The van der Waals surface area contributed by atoms with Crippen LogP contribution in [0.3, 0.4) is 0 Å². The molecule has 1 saturated heterocycles. The largest absolute Gasteiger partial charge is 0.454 e. The third-order valence-corrected chi connectivity index (χ3v) is 3.55. The van der Waals surface area contributed by atoms with Gasteiger partial charge in [0.15, 0.2) is 11.5 Å². The second-order valence-corrected chi connectivity index (χ2v) is 4.85. The average Bonchev–Trinajstić information content (AvgIpc) is 2.79. The maximum atomic E-state index is 9.47. The zero-order valence-corrected chi connectivity index (χ0v) is 9.82. The van der Waals surface area contributed by atoms with E-state index in [1.807, 2.05) is 6.07 Å². The Morgan fingerprint density at radius 3 is 2.76 bits per heavy atom. The summed E-state index contributed by atoms with van der Waals surface area (Å²) in [7, 11) is 0. The Labute approximate surface area is 101 Å². The minimum Gasteiger partial charge on any atom is -0.454 e. The second kappa shape index (κ2) is 4.55. The van der Waals surface area contributed by atoms with Gasteiger partial charge in [0.25, 0.3) is 0 Å². The van der Waals surface area contributed by atoms with Gasteiger partial charge in [-0.05, 0) is 18.2 Å². The van der Waals surface area contributed by atoms with Gasteiger partial charge >= 0.3 is 0 Å². The molecule has 0 aliphatic carbocycles.